The van der Waals surface area contributed by atoms with Crippen molar-refractivity contribution in [2.45, 2.75) is 89.7 Å². The van der Waals surface area contributed by atoms with Crippen molar-refractivity contribution >= 4 is 17.1 Å². The van der Waals surface area contributed by atoms with Crippen molar-refractivity contribution in [3.63, 3.8) is 0 Å². The van der Waals surface area contributed by atoms with E-state index in [0.29, 0.717) is 25.9 Å². The Morgan fingerprint density at radius 3 is 2.19 bits per heavy atom. The van der Waals surface area contributed by atoms with E-state index in [0.717, 1.165) is 12.8 Å². The zero-order valence-electron chi connectivity index (χ0n) is 17.4. The molecule has 2 rings (SSSR count). The molecule has 0 aromatic carbocycles. The number of rotatable bonds is 2. The molecule has 152 valence electrons. The molecule has 7 heteroatoms. The van der Waals surface area contributed by atoms with Crippen LogP contribution in [0, 0.1) is 5.41 Å². The fourth-order valence-electron chi connectivity index (χ4n) is 4.28. The Morgan fingerprint density at radius 1 is 1.19 bits per heavy atom. The third-order valence-electron chi connectivity index (χ3n) is 5.48. The zero-order chi connectivity index (χ0) is 19.9. The van der Waals surface area contributed by atoms with Crippen molar-refractivity contribution in [2.24, 2.45) is 5.41 Å². The number of nitrogens with zero attached hydrogens (tertiary/aromatic N) is 2. The largest absolute Gasteiger partial charge is 0.444 e. The predicted octanol–water partition coefficient (Wildman–Crippen LogP) is 2.92. The molecule has 1 heterocycles. The molecule has 3 atom stereocenters. The molecule has 1 N–H and O–H groups in total. The van der Waals surface area contributed by atoms with Crippen molar-refractivity contribution in [3.05, 3.63) is 0 Å². The van der Waals surface area contributed by atoms with Crippen molar-refractivity contribution in [1.29, 1.82) is 0 Å². The van der Waals surface area contributed by atoms with Gasteiger partial charge in [-0.05, 0) is 72.6 Å². The van der Waals surface area contributed by atoms with Gasteiger partial charge in [0.15, 0.2) is 0 Å². The lowest BCUT2D eigenvalue weighted by Gasteiger charge is -2.46. The summed E-state index contributed by atoms with van der Waals surface area (Å²) in [4.78, 5) is 14.1. The monoisotopic (exact) mass is 388 g/mol. The van der Waals surface area contributed by atoms with E-state index in [1.165, 1.54) is 0 Å². The van der Waals surface area contributed by atoms with Crippen LogP contribution >= 0.6 is 0 Å². The van der Waals surface area contributed by atoms with E-state index < -0.39 is 16.6 Å². The lowest BCUT2D eigenvalue weighted by Crippen LogP contribution is -2.53. The molecule has 3 unspecified atom stereocenters. The van der Waals surface area contributed by atoms with Crippen LogP contribution in [0.2, 0.25) is 0 Å². The number of carbonyl (C=O) groups excluding carboxylic acids is 1. The molecule has 0 radical (unpaired) electrons. The van der Waals surface area contributed by atoms with Gasteiger partial charge in [-0.25, -0.2) is 13.3 Å². The molecule has 26 heavy (non-hydrogen) atoms. The molecular formula is C19H36N2O4S. The number of aliphatic hydroxyl groups is 1. The van der Waals surface area contributed by atoms with Gasteiger partial charge in [-0.1, -0.05) is 0 Å². The van der Waals surface area contributed by atoms with Gasteiger partial charge in [-0.3, -0.25) is 0 Å². The maximum atomic E-state index is 12.9. The molecule has 1 saturated heterocycles. The first-order valence-electron chi connectivity index (χ1n) is 9.56. The van der Waals surface area contributed by atoms with E-state index in [1.54, 1.807) is 4.90 Å². The summed E-state index contributed by atoms with van der Waals surface area (Å²) in [5, 5.41) is 10.3. The van der Waals surface area contributed by atoms with Gasteiger partial charge >= 0.3 is 6.09 Å². The molecule has 1 aliphatic heterocycles. The number of hydrogen-bond donors (Lipinski definition) is 1. The summed E-state index contributed by atoms with van der Waals surface area (Å²) >= 11 is 0. The minimum atomic E-state index is -1.13. The number of likely N-dealkylation sites (tertiary alicyclic amines) is 1. The van der Waals surface area contributed by atoms with Crippen LogP contribution in [0.15, 0.2) is 0 Å². The first-order chi connectivity index (χ1) is 11.8. The second-order valence-electron chi connectivity index (χ2n) is 9.85. The molecule has 2 aliphatic rings. The molecule has 6 nitrogen and oxygen atoms in total. The Hall–Kier alpha value is -0.660. The summed E-state index contributed by atoms with van der Waals surface area (Å²) in [5.74, 6) is 0. The summed E-state index contributed by atoms with van der Waals surface area (Å²) in [6.45, 7) is 12.8. The number of piperidine rings is 1. The van der Waals surface area contributed by atoms with Crippen LogP contribution in [0.4, 0.5) is 4.79 Å². The van der Waals surface area contributed by atoms with Crippen LogP contribution < -0.4 is 0 Å². The Bertz CT molecular complexity index is 545. The molecule has 1 amide bonds. The number of amides is 1. The van der Waals surface area contributed by atoms with Gasteiger partial charge in [0.1, 0.15) is 5.60 Å². The van der Waals surface area contributed by atoms with Gasteiger partial charge in [0.2, 0.25) is 0 Å². The van der Waals surface area contributed by atoms with Gasteiger partial charge in [-0.15, -0.1) is 0 Å². The summed E-state index contributed by atoms with van der Waals surface area (Å²) in [6.07, 6.45) is 2.33. The highest BCUT2D eigenvalue weighted by atomic mass is 32.2. The topological polar surface area (TPSA) is 70.1 Å². The lowest BCUT2D eigenvalue weighted by molar-refractivity contribution is 0.00288. The third-order valence-corrected chi connectivity index (χ3v) is 7.30. The van der Waals surface area contributed by atoms with Crippen LogP contribution in [0.1, 0.15) is 67.2 Å². The quantitative estimate of drug-likeness (QED) is 0.790. The van der Waals surface area contributed by atoms with Gasteiger partial charge in [0.25, 0.3) is 0 Å². The van der Waals surface area contributed by atoms with Crippen molar-refractivity contribution in [3.8, 4) is 0 Å². The molecule has 1 aliphatic carbocycles. The van der Waals surface area contributed by atoms with Crippen molar-refractivity contribution in [1.82, 2.24) is 9.21 Å². The summed E-state index contributed by atoms with van der Waals surface area (Å²) in [5.41, 5.74) is -0.588. The average Bonchev–Trinajstić information content (AvgIpc) is 2.80. The molecular weight excluding hydrogens is 352 g/mol. The predicted molar refractivity (Wildman–Crippen MR) is 104 cm³/mol. The Morgan fingerprint density at radius 2 is 1.73 bits per heavy atom. The first kappa shape index (κ1) is 21.6. The third kappa shape index (κ3) is 4.78. The fourth-order valence-corrected chi connectivity index (χ4v) is 5.68. The van der Waals surface area contributed by atoms with Crippen LogP contribution in [-0.2, 0) is 15.7 Å². The van der Waals surface area contributed by atoms with Crippen LogP contribution in [0.3, 0.4) is 0 Å². The fraction of sp³-hybridized carbons (Fsp3) is 0.947. The first-order valence-corrected chi connectivity index (χ1v) is 10.7. The molecule has 0 aromatic rings. The van der Waals surface area contributed by atoms with Gasteiger partial charge in [-0.2, -0.15) is 0 Å². The zero-order valence-corrected chi connectivity index (χ0v) is 18.2. The van der Waals surface area contributed by atoms with Crippen LogP contribution in [-0.4, -0.2) is 67.2 Å². The molecule has 0 aromatic heterocycles. The van der Waals surface area contributed by atoms with Crippen LogP contribution in [0.25, 0.3) is 0 Å². The Balaban J connectivity index is 2.09. The maximum Gasteiger partial charge on any atom is 0.410 e. The second-order valence-corrected chi connectivity index (χ2v) is 12.1. The summed E-state index contributed by atoms with van der Waals surface area (Å²) in [6, 6.07) is 0.0679. The van der Waals surface area contributed by atoms with E-state index >= 15 is 0 Å². The van der Waals surface area contributed by atoms with Gasteiger partial charge in [0, 0.05) is 26.2 Å². The van der Waals surface area contributed by atoms with E-state index in [1.807, 2.05) is 52.9 Å². The van der Waals surface area contributed by atoms with E-state index in [4.69, 9.17) is 4.74 Å². The highest BCUT2D eigenvalue weighted by Gasteiger charge is 2.52. The van der Waals surface area contributed by atoms with Crippen molar-refractivity contribution in [2.75, 3.05) is 20.1 Å². The number of ether oxygens (including phenoxy) is 1. The minimum Gasteiger partial charge on any atom is -0.444 e. The van der Waals surface area contributed by atoms with E-state index in [9.17, 15) is 14.1 Å². The SMILES string of the molecule is CN(C1CC(O)CC12CCN(C(=O)OC(C)(C)C)CC2)S(=O)C(C)(C)C. The normalized spacial score (nSPS) is 27.8. The Labute approximate surface area is 160 Å². The van der Waals surface area contributed by atoms with Crippen LogP contribution in [0.5, 0.6) is 0 Å². The molecule has 2 fully saturated rings. The molecule has 1 saturated carbocycles. The highest BCUT2D eigenvalue weighted by Crippen LogP contribution is 2.49. The number of aliphatic hydroxyl groups excluding tert-OH is 1. The van der Waals surface area contributed by atoms with Crippen molar-refractivity contribution < 1.29 is 18.8 Å². The van der Waals surface area contributed by atoms with Gasteiger partial charge in [0.05, 0.1) is 21.8 Å². The average molecular weight is 389 g/mol. The second kappa shape index (κ2) is 7.40. The molecule has 1 spiro atoms. The van der Waals surface area contributed by atoms with E-state index in [-0.39, 0.29) is 28.4 Å². The Kier molecular flexibility index (Phi) is 6.16. The maximum absolute atomic E-state index is 12.9. The molecule has 0 bridgehead atoms. The lowest BCUT2D eigenvalue weighted by atomic mass is 9.74. The smallest absolute Gasteiger partial charge is 0.410 e. The summed E-state index contributed by atoms with van der Waals surface area (Å²) < 4.78 is 20.0. The van der Waals surface area contributed by atoms with E-state index in [2.05, 4.69) is 0 Å². The number of carbonyl (C=O) groups is 1. The minimum absolute atomic E-state index is 0.0679. The number of hydrogen-bond acceptors (Lipinski definition) is 4. The standard InChI is InChI=1S/C19H36N2O4S/c1-17(2,3)25-16(23)21-10-8-19(9-11-21)13-14(22)12-15(19)20(7)26(24)18(4,5)6/h14-15,22H,8-13H2,1-7H3. The van der Waals surface area contributed by atoms with Gasteiger partial charge < -0.3 is 14.7 Å². The summed E-state index contributed by atoms with van der Waals surface area (Å²) in [7, 11) is 0.780. The highest BCUT2D eigenvalue weighted by molar-refractivity contribution is 7.84.